The average molecular weight is 325 g/mol. The molecule has 0 aliphatic carbocycles. The number of hydrogen-bond donors (Lipinski definition) is 2. The van der Waals surface area contributed by atoms with Gasteiger partial charge in [0, 0.05) is 12.4 Å². The molecule has 1 aromatic heterocycles. The lowest BCUT2D eigenvalue weighted by Crippen LogP contribution is -2.47. The molecule has 7 heteroatoms. The number of nitrogens with zero attached hydrogens (tertiary/aromatic N) is 2. The van der Waals surface area contributed by atoms with Crippen LogP contribution in [0.1, 0.15) is 45.0 Å². The fourth-order valence-electron chi connectivity index (χ4n) is 1.42. The Balaban J connectivity index is 2.69. The van der Waals surface area contributed by atoms with E-state index in [9.17, 15) is 4.79 Å². The second-order valence-electron chi connectivity index (χ2n) is 7.66. The predicted octanol–water partition coefficient (Wildman–Crippen LogP) is 3.39. The Morgan fingerprint density at radius 2 is 1.73 bits per heavy atom. The number of anilines is 1. The standard InChI is InChI=1S/C15H27N3O3Si/c1-14(2,3)22(6,7)21-10-15(4,5)18-13-16-8-11(9-17-13)12(19)20/h8-9H,10H2,1-7H3,(H,19,20)(H,16,17,18). The highest BCUT2D eigenvalue weighted by Crippen LogP contribution is 2.37. The Labute approximate surface area is 133 Å². The Morgan fingerprint density at radius 3 is 2.14 bits per heavy atom. The summed E-state index contributed by atoms with van der Waals surface area (Å²) in [6.07, 6.45) is 2.59. The summed E-state index contributed by atoms with van der Waals surface area (Å²) in [6.45, 7) is 15.6. The van der Waals surface area contributed by atoms with Crippen molar-refractivity contribution in [2.75, 3.05) is 11.9 Å². The first-order valence-corrected chi connectivity index (χ1v) is 10.2. The number of carbonyl (C=O) groups is 1. The van der Waals surface area contributed by atoms with Gasteiger partial charge in [-0.3, -0.25) is 0 Å². The Morgan fingerprint density at radius 1 is 1.23 bits per heavy atom. The van der Waals surface area contributed by atoms with Gasteiger partial charge in [0.15, 0.2) is 8.32 Å². The lowest BCUT2D eigenvalue weighted by molar-refractivity contribution is 0.0696. The van der Waals surface area contributed by atoms with E-state index in [4.69, 9.17) is 9.53 Å². The molecule has 0 aliphatic rings. The molecule has 2 N–H and O–H groups in total. The van der Waals surface area contributed by atoms with E-state index in [2.05, 4.69) is 49.1 Å². The molecule has 0 amide bonds. The molecule has 0 unspecified atom stereocenters. The summed E-state index contributed by atoms with van der Waals surface area (Å²) in [4.78, 5) is 18.9. The molecule has 0 radical (unpaired) electrons. The van der Waals surface area contributed by atoms with E-state index < -0.39 is 14.3 Å². The van der Waals surface area contributed by atoms with E-state index in [0.29, 0.717) is 12.6 Å². The summed E-state index contributed by atoms with van der Waals surface area (Å²) < 4.78 is 6.22. The highest BCUT2D eigenvalue weighted by Gasteiger charge is 2.38. The Bertz CT molecular complexity index is 522. The highest BCUT2D eigenvalue weighted by atomic mass is 28.4. The number of hydrogen-bond acceptors (Lipinski definition) is 5. The summed E-state index contributed by atoms with van der Waals surface area (Å²) in [5.41, 5.74) is -0.277. The summed E-state index contributed by atoms with van der Waals surface area (Å²) in [7, 11) is -1.81. The fourth-order valence-corrected chi connectivity index (χ4v) is 2.57. The van der Waals surface area contributed by atoms with Crippen molar-refractivity contribution < 1.29 is 14.3 Å². The van der Waals surface area contributed by atoms with Gasteiger partial charge in [0.05, 0.1) is 17.7 Å². The maximum atomic E-state index is 10.8. The van der Waals surface area contributed by atoms with Crippen LogP contribution in [0.5, 0.6) is 0 Å². The molecule has 6 nitrogen and oxygen atoms in total. The molecule has 0 aliphatic heterocycles. The van der Waals surface area contributed by atoms with Crippen molar-refractivity contribution in [2.24, 2.45) is 0 Å². The third-order valence-electron chi connectivity index (χ3n) is 3.95. The number of aromatic carboxylic acids is 1. The lowest BCUT2D eigenvalue weighted by atomic mass is 10.1. The molecular formula is C15H27N3O3Si. The summed E-state index contributed by atoms with van der Waals surface area (Å²) in [6, 6.07) is 0. The zero-order valence-electron chi connectivity index (χ0n) is 14.5. The zero-order valence-corrected chi connectivity index (χ0v) is 15.5. The van der Waals surface area contributed by atoms with Crippen LogP contribution in [0.4, 0.5) is 5.95 Å². The smallest absolute Gasteiger partial charge is 0.338 e. The molecule has 1 aromatic rings. The highest BCUT2D eigenvalue weighted by molar-refractivity contribution is 6.74. The van der Waals surface area contributed by atoms with Crippen LogP contribution in [0, 0.1) is 0 Å². The lowest BCUT2D eigenvalue weighted by Gasteiger charge is -2.39. The van der Waals surface area contributed by atoms with Crippen molar-refractivity contribution in [1.29, 1.82) is 0 Å². The largest absolute Gasteiger partial charge is 0.478 e. The van der Waals surface area contributed by atoms with E-state index in [1.807, 2.05) is 13.8 Å². The molecule has 1 rings (SSSR count). The second-order valence-corrected chi connectivity index (χ2v) is 12.5. The number of rotatable bonds is 6. The third kappa shape index (κ3) is 5.06. The van der Waals surface area contributed by atoms with Gasteiger partial charge in [-0.25, -0.2) is 14.8 Å². The monoisotopic (exact) mass is 325 g/mol. The van der Waals surface area contributed by atoms with Gasteiger partial charge >= 0.3 is 5.97 Å². The number of carboxylic acid groups (broad SMARTS) is 1. The summed E-state index contributed by atoms with van der Waals surface area (Å²) in [5.74, 6) is -0.638. The number of nitrogens with one attached hydrogen (secondary N) is 1. The van der Waals surface area contributed by atoms with Gasteiger partial charge in [0.1, 0.15) is 0 Å². The molecule has 0 fully saturated rings. The van der Waals surface area contributed by atoms with Crippen LogP contribution >= 0.6 is 0 Å². The van der Waals surface area contributed by atoms with Gasteiger partial charge in [0.2, 0.25) is 5.95 Å². The topological polar surface area (TPSA) is 84.3 Å². The van der Waals surface area contributed by atoms with Crippen LogP contribution < -0.4 is 5.32 Å². The molecule has 1 heterocycles. The second kappa shape index (κ2) is 6.34. The molecular weight excluding hydrogens is 298 g/mol. The van der Waals surface area contributed by atoms with Crippen molar-refractivity contribution >= 4 is 20.2 Å². The predicted molar refractivity (Wildman–Crippen MR) is 89.8 cm³/mol. The maximum absolute atomic E-state index is 10.8. The number of carboxylic acids is 1. The Kier molecular flexibility index (Phi) is 5.35. The van der Waals surface area contributed by atoms with Gasteiger partial charge in [-0.1, -0.05) is 20.8 Å². The maximum Gasteiger partial charge on any atom is 0.338 e. The Hall–Kier alpha value is -1.47. The molecule has 0 atom stereocenters. The first-order valence-electron chi connectivity index (χ1n) is 7.32. The van der Waals surface area contributed by atoms with E-state index in [0.717, 1.165) is 0 Å². The molecule has 124 valence electrons. The number of aromatic nitrogens is 2. The first kappa shape index (κ1) is 18.6. The van der Waals surface area contributed by atoms with Crippen molar-refractivity contribution in [1.82, 2.24) is 9.97 Å². The average Bonchev–Trinajstić information content (AvgIpc) is 2.35. The van der Waals surface area contributed by atoms with E-state index >= 15 is 0 Å². The SMILES string of the molecule is CC(C)(CO[Si](C)(C)C(C)(C)C)Nc1ncc(C(=O)O)cn1. The van der Waals surface area contributed by atoms with Crippen molar-refractivity contribution in [3.05, 3.63) is 18.0 Å². The molecule has 0 bridgehead atoms. The first-order chi connectivity index (χ1) is 9.84. The van der Waals surface area contributed by atoms with Crippen molar-refractivity contribution in [3.8, 4) is 0 Å². The van der Waals surface area contributed by atoms with Crippen molar-refractivity contribution in [2.45, 2.75) is 58.3 Å². The molecule has 0 saturated heterocycles. The molecule has 0 aromatic carbocycles. The zero-order chi connectivity index (χ0) is 17.2. The van der Waals surface area contributed by atoms with E-state index in [1.54, 1.807) is 0 Å². The molecule has 0 saturated carbocycles. The minimum absolute atomic E-state index is 0.0703. The molecule has 22 heavy (non-hydrogen) atoms. The third-order valence-corrected chi connectivity index (χ3v) is 8.43. The quantitative estimate of drug-likeness (QED) is 0.780. The normalized spacial score (nSPS) is 13.0. The van der Waals surface area contributed by atoms with Crippen LogP contribution in [0.15, 0.2) is 12.4 Å². The van der Waals surface area contributed by atoms with Gasteiger partial charge in [0.25, 0.3) is 0 Å². The van der Waals surface area contributed by atoms with Crippen LogP contribution in [0.3, 0.4) is 0 Å². The fraction of sp³-hybridized carbons (Fsp3) is 0.667. The van der Waals surface area contributed by atoms with Gasteiger partial charge < -0.3 is 14.8 Å². The van der Waals surface area contributed by atoms with Gasteiger partial charge in [-0.05, 0) is 32.0 Å². The van der Waals surface area contributed by atoms with E-state index in [1.165, 1.54) is 12.4 Å². The van der Waals surface area contributed by atoms with E-state index in [-0.39, 0.29) is 16.1 Å². The summed E-state index contributed by atoms with van der Waals surface area (Å²) in [5, 5.41) is 12.2. The van der Waals surface area contributed by atoms with Crippen LogP contribution in [-0.2, 0) is 4.43 Å². The minimum Gasteiger partial charge on any atom is -0.478 e. The van der Waals surface area contributed by atoms with Crippen LogP contribution in [-0.4, -0.2) is 41.5 Å². The van der Waals surface area contributed by atoms with Gasteiger partial charge in [-0.2, -0.15) is 0 Å². The molecule has 0 spiro atoms. The summed E-state index contributed by atoms with van der Waals surface area (Å²) >= 11 is 0. The van der Waals surface area contributed by atoms with Crippen LogP contribution in [0.2, 0.25) is 18.1 Å². The minimum atomic E-state index is -1.81. The van der Waals surface area contributed by atoms with Crippen molar-refractivity contribution in [3.63, 3.8) is 0 Å². The van der Waals surface area contributed by atoms with Crippen LogP contribution in [0.25, 0.3) is 0 Å². The van der Waals surface area contributed by atoms with Gasteiger partial charge in [-0.15, -0.1) is 0 Å².